The van der Waals surface area contributed by atoms with E-state index in [1.54, 1.807) is 0 Å². The van der Waals surface area contributed by atoms with Gasteiger partial charge >= 0.3 is 11.9 Å². The molecule has 0 unspecified atom stereocenters. The maximum absolute atomic E-state index is 11.6. The number of nitrogens with zero attached hydrogens (tertiary/aromatic N) is 2. The molecule has 0 bridgehead atoms. The summed E-state index contributed by atoms with van der Waals surface area (Å²) in [4.78, 5) is 51.0. The summed E-state index contributed by atoms with van der Waals surface area (Å²) >= 11 is 0. The van der Waals surface area contributed by atoms with E-state index in [0.29, 0.717) is 25.7 Å². The molecule has 13 nitrogen and oxygen atoms in total. The molecule has 0 spiro atoms. The van der Waals surface area contributed by atoms with Crippen LogP contribution >= 0.6 is 0 Å². The lowest BCUT2D eigenvalue weighted by Gasteiger charge is -2.11. The third-order valence-electron chi connectivity index (χ3n) is 2.94. The molecule has 26 heavy (non-hydrogen) atoms. The van der Waals surface area contributed by atoms with Gasteiger partial charge in [-0.25, -0.2) is 0 Å². The zero-order chi connectivity index (χ0) is 19.8. The van der Waals surface area contributed by atoms with Crippen LogP contribution < -0.4 is 5.73 Å². The van der Waals surface area contributed by atoms with Crippen LogP contribution in [-0.4, -0.2) is 54.6 Å². The Bertz CT molecular complexity index is 459. The number of hydrogen-bond donors (Lipinski definition) is 1. The molecular weight excluding hydrogens is 358 g/mol. The van der Waals surface area contributed by atoms with E-state index in [-0.39, 0.29) is 39.3 Å². The van der Waals surface area contributed by atoms with Crippen LogP contribution in [0, 0.1) is 20.2 Å². The highest BCUT2D eigenvalue weighted by Crippen LogP contribution is 2.02. The predicted molar refractivity (Wildman–Crippen MR) is 83.5 cm³/mol. The summed E-state index contributed by atoms with van der Waals surface area (Å²) in [5.41, 5.74) is 5.59. The van der Waals surface area contributed by atoms with Gasteiger partial charge in [-0.3, -0.25) is 9.59 Å². The second-order valence-electron chi connectivity index (χ2n) is 5.06. The Kier molecular flexibility index (Phi) is 13.1. The average Bonchev–Trinajstić information content (AvgIpc) is 2.58. The van der Waals surface area contributed by atoms with Crippen molar-refractivity contribution in [1.29, 1.82) is 0 Å². The number of esters is 2. The molecular formula is C13H23N3O10. The Balaban J connectivity index is 3.61. The van der Waals surface area contributed by atoms with Crippen LogP contribution in [0.3, 0.4) is 0 Å². The van der Waals surface area contributed by atoms with Gasteiger partial charge in [0.15, 0.2) is 0 Å². The van der Waals surface area contributed by atoms with Crippen molar-refractivity contribution < 1.29 is 38.9 Å². The Hall–Kier alpha value is -2.70. The molecule has 2 N–H and O–H groups in total. The summed E-state index contributed by atoms with van der Waals surface area (Å²) < 4.78 is 9.76. The van der Waals surface area contributed by atoms with Gasteiger partial charge in [0, 0.05) is 6.42 Å². The minimum absolute atomic E-state index is 0.0459. The number of carbonyl (C=O) groups is 2. The van der Waals surface area contributed by atoms with E-state index in [0.717, 1.165) is 0 Å². The monoisotopic (exact) mass is 381 g/mol. The van der Waals surface area contributed by atoms with Crippen molar-refractivity contribution >= 4 is 11.9 Å². The maximum atomic E-state index is 11.6. The Labute approximate surface area is 148 Å². The van der Waals surface area contributed by atoms with E-state index in [1.165, 1.54) is 0 Å². The van der Waals surface area contributed by atoms with E-state index >= 15 is 0 Å². The SMILES string of the molecule is N[C@@H](CCC(=O)OCCCCO[N+](=O)[O-])C(=O)OCCCCO[N+](=O)[O-]. The summed E-state index contributed by atoms with van der Waals surface area (Å²) in [6, 6.07) is -0.980. The third-order valence-corrected chi connectivity index (χ3v) is 2.94. The van der Waals surface area contributed by atoms with E-state index in [4.69, 9.17) is 15.2 Å². The van der Waals surface area contributed by atoms with Crippen molar-refractivity contribution in [3.63, 3.8) is 0 Å². The molecule has 0 aromatic carbocycles. The topological polar surface area (TPSA) is 183 Å². The fourth-order valence-corrected chi connectivity index (χ4v) is 1.62. The van der Waals surface area contributed by atoms with E-state index < -0.39 is 28.2 Å². The van der Waals surface area contributed by atoms with Crippen LogP contribution in [-0.2, 0) is 28.7 Å². The van der Waals surface area contributed by atoms with E-state index in [9.17, 15) is 29.8 Å². The number of nitrogens with two attached hydrogens (primary N) is 1. The smallest absolute Gasteiger partial charge is 0.322 e. The van der Waals surface area contributed by atoms with Gasteiger partial charge in [0.05, 0.1) is 26.4 Å². The lowest BCUT2D eigenvalue weighted by Crippen LogP contribution is -2.33. The van der Waals surface area contributed by atoms with Gasteiger partial charge in [0.2, 0.25) is 0 Å². The normalized spacial score (nSPS) is 11.3. The number of carbonyl (C=O) groups excluding carboxylic acids is 2. The van der Waals surface area contributed by atoms with Gasteiger partial charge in [-0.1, -0.05) is 0 Å². The molecule has 0 rings (SSSR count). The summed E-state index contributed by atoms with van der Waals surface area (Å²) in [7, 11) is 0. The van der Waals surface area contributed by atoms with Crippen molar-refractivity contribution in [2.75, 3.05) is 26.4 Å². The highest BCUT2D eigenvalue weighted by atomic mass is 17.0. The highest BCUT2D eigenvalue weighted by molar-refractivity contribution is 5.77. The Morgan fingerprint density at radius 1 is 0.846 bits per heavy atom. The number of ether oxygens (including phenoxy) is 2. The van der Waals surface area contributed by atoms with Crippen molar-refractivity contribution in [2.24, 2.45) is 5.73 Å². The second kappa shape index (κ2) is 14.6. The fraction of sp³-hybridized carbons (Fsp3) is 0.846. The van der Waals surface area contributed by atoms with Crippen LogP contribution in [0.2, 0.25) is 0 Å². The summed E-state index contributed by atoms with van der Waals surface area (Å²) in [6.07, 6.45) is 1.49. The molecule has 0 fully saturated rings. The summed E-state index contributed by atoms with van der Waals surface area (Å²) in [5, 5.41) is 18.0. The zero-order valence-electron chi connectivity index (χ0n) is 14.2. The van der Waals surface area contributed by atoms with Crippen LogP contribution in [0.15, 0.2) is 0 Å². The molecule has 0 aliphatic carbocycles. The molecule has 0 amide bonds. The van der Waals surface area contributed by atoms with Crippen molar-refractivity contribution in [2.45, 2.75) is 44.6 Å². The van der Waals surface area contributed by atoms with Crippen molar-refractivity contribution in [3.05, 3.63) is 20.2 Å². The minimum Gasteiger partial charge on any atom is -0.466 e. The standard InChI is InChI=1S/C13H23N3O10/c14-11(13(18)24-8-2-4-10-26-16(21)22)5-6-12(17)23-7-1-3-9-25-15(19)20/h11H,1-10,14H2/t11-/m0/s1. The first-order valence-corrected chi connectivity index (χ1v) is 7.95. The molecule has 0 aliphatic heterocycles. The number of hydrogen-bond acceptors (Lipinski definition) is 11. The van der Waals surface area contributed by atoms with E-state index in [2.05, 4.69) is 9.68 Å². The zero-order valence-corrected chi connectivity index (χ0v) is 14.2. The lowest BCUT2D eigenvalue weighted by molar-refractivity contribution is -0.757. The predicted octanol–water partition coefficient (Wildman–Crippen LogP) is 0.157. The first-order chi connectivity index (χ1) is 12.3. The van der Waals surface area contributed by atoms with Gasteiger partial charge < -0.3 is 24.9 Å². The second-order valence-corrected chi connectivity index (χ2v) is 5.06. The van der Waals surface area contributed by atoms with E-state index in [1.807, 2.05) is 0 Å². The van der Waals surface area contributed by atoms with Gasteiger partial charge in [-0.15, -0.1) is 20.2 Å². The maximum Gasteiger partial charge on any atom is 0.322 e. The van der Waals surface area contributed by atoms with Gasteiger partial charge in [0.25, 0.3) is 10.2 Å². The molecule has 0 saturated heterocycles. The number of unbranched alkanes of at least 4 members (excludes halogenated alkanes) is 2. The molecule has 0 saturated carbocycles. The average molecular weight is 381 g/mol. The number of rotatable bonds is 16. The fourth-order valence-electron chi connectivity index (χ4n) is 1.62. The van der Waals surface area contributed by atoms with Crippen molar-refractivity contribution in [3.8, 4) is 0 Å². The molecule has 150 valence electrons. The van der Waals surface area contributed by atoms with Crippen LogP contribution in [0.1, 0.15) is 38.5 Å². The lowest BCUT2D eigenvalue weighted by atomic mass is 10.2. The van der Waals surface area contributed by atoms with Crippen LogP contribution in [0.4, 0.5) is 0 Å². The minimum atomic E-state index is -0.980. The molecule has 0 aromatic rings. The Morgan fingerprint density at radius 3 is 1.81 bits per heavy atom. The van der Waals surface area contributed by atoms with Gasteiger partial charge in [0.1, 0.15) is 6.04 Å². The first kappa shape index (κ1) is 23.3. The van der Waals surface area contributed by atoms with Gasteiger partial charge in [-0.05, 0) is 32.1 Å². The summed E-state index contributed by atoms with van der Waals surface area (Å²) in [6.45, 7) is -0.0177. The highest BCUT2D eigenvalue weighted by Gasteiger charge is 2.17. The first-order valence-electron chi connectivity index (χ1n) is 7.95. The molecule has 0 aromatic heterocycles. The van der Waals surface area contributed by atoms with Gasteiger partial charge in [-0.2, -0.15) is 0 Å². The van der Waals surface area contributed by atoms with Crippen molar-refractivity contribution in [1.82, 2.24) is 0 Å². The largest absolute Gasteiger partial charge is 0.466 e. The molecule has 0 radical (unpaired) electrons. The molecule has 0 aliphatic rings. The molecule has 13 heteroatoms. The summed E-state index contributed by atoms with van der Waals surface area (Å²) in [5.74, 6) is -1.22. The molecule has 0 heterocycles. The third kappa shape index (κ3) is 14.9. The van der Waals surface area contributed by atoms with Crippen LogP contribution in [0.25, 0.3) is 0 Å². The molecule has 1 atom stereocenters. The Morgan fingerprint density at radius 2 is 1.31 bits per heavy atom. The van der Waals surface area contributed by atoms with Crippen LogP contribution in [0.5, 0.6) is 0 Å². The quantitative estimate of drug-likeness (QED) is 0.166.